The quantitative estimate of drug-likeness (QED) is 0.664. The van der Waals surface area contributed by atoms with Crippen LogP contribution in [0.25, 0.3) is 0 Å². The van der Waals surface area contributed by atoms with Crippen molar-refractivity contribution >= 4 is 6.03 Å². The summed E-state index contributed by atoms with van der Waals surface area (Å²) >= 11 is 0. The van der Waals surface area contributed by atoms with E-state index in [-0.39, 0.29) is 11.4 Å². The van der Waals surface area contributed by atoms with Gasteiger partial charge in [0.05, 0.1) is 0 Å². The van der Waals surface area contributed by atoms with Crippen LogP contribution in [-0.2, 0) is 4.74 Å². The van der Waals surface area contributed by atoms with E-state index in [0.29, 0.717) is 13.2 Å². The van der Waals surface area contributed by atoms with Crippen LogP contribution in [0.3, 0.4) is 0 Å². The molecule has 0 heterocycles. The Morgan fingerprint density at radius 1 is 1.21 bits per heavy atom. The third-order valence-corrected chi connectivity index (χ3v) is 3.00. The molecule has 0 aliphatic carbocycles. The SMILES string of the molecule is CCCCOCCCNC(=O)N/C=C(\C)C(C)(C)C. The lowest BCUT2D eigenvalue weighted by molar-refractivity contribution is 0.129. The van der Waals surface area contributed by atoms with Gasteiger partial charge in [0.2, 0.25) is 0 Å². The summed E-state index contributed by atoms with van der Waals surface area (Å²) in [6, 6.07) is -0.155. The Labute approximate surface area is 118 Å². The van der Waals surface area contributed by atoms with E-state index in [2.05, 4.69) is 38.3 Å². The van der Waals surface area contributed by atoms with Gasteiger partial charge < -0.3 is 15.4 Å². The van der Waals surface area contributed by atoms with Crippen molar-refractivity contribution < 1.29 is 9.53 Å². The molecule has 0 saturated heterocycles. The molecule has 112 valence electrons. The Hall–Kier alpha value is -1.03. The standard InChI is InChI=1S/C15H30N2O2/c1-6-7-10-19-11-8-9-16-14(18)17-12-13(2)15(3,4)5/h12H,6-11H2,1-5H3,(H2,16,17,18)/b13-12+. The molecule has 0 fully saturated rings. The molecule has 0 aromatic heterocycles. The predicted molar refractivity (Wildman–Crippen MR) is 80.1 cm³/mol. The molecule has 0 aromatic rings. The predicted octanol–water partition coefficient (Wildman–Crippen LogP) is 3.44. The normalized spacial score (nSPS) is 12.4. The highest BCUT2D eigenvalue weighted by molar-refractivity contribution is 5.74. The Bertz CT molecular complexity index is 280. The van der Waals surface area contributed by atoms with E-state index >= 15 is 0 Å². The fourth-order valence-electron chi connectivity index (χ4n) is 1.17. The summed E-state index contributed by atoms with van der Waals surface area (Å²) in [5, 5.41) is 5.55. The molecule has 0 bridgehead atoms. The molecule has 0 atom stereocenters. The third kappa shape index (κ3) is 10.6. The van der Waals surface area contributed by atoms with Gasteiger partial charge in [0.1, 0.15) is 0 Å². The van der Waals surface area contributed by atoms with Crippen molar-refractivity contribution in [2.24, 2.45) is 5.41 Å². The number of hydrogen-bond acceptors (Lipinski definition) is 2. The van der Waals surface area contributed by atoms with Gasteiger partial charge in [-0.2, -0.15) is 0 Å². The van der Waals surface area contributed by atoms with Crippen LogP contribution in [0, 0.1) is 5.41 Å². The van der Waals surface area contributed by atoms with Gasteiger partial charge in [-0.05, 0) is 25.2 Å². The zero-order chi connectivity index (χ0) is 14.7. The lowest BCUT2D eigenvalue weighted by Crippen LogP contribution is -2.33. The van der Waals surface area contributed by atoms with Gasteiger partial charge in [0.25, 0.3) is 0 Å². The van der Waals surface area contributed by atoms with E-state index in [0.717, 1.165) is 31.4 Å². The zero-order valence-corrected chi connectivity index (χ0v) is 13.1. The summed E-state index contributed by atoms with van der Waals surface area (Å²) in [6.45, 7) is 12.7. The van der Waals surface area contributed by atoms with Crippen molar-refractivity contribution in [2.75, 3.05) is 19.8 Å². The van der Waals surface area contributed by atoms with E-state index in [1.54, 1.807) is 6.20 Å². The summed E-state index contributed by atoms with van der Waals surface area (Å²) in [6.07, 6.45) is 4.87. The van der Waals surface area contributed by atoms with Gasteiger partial charge >= 0.3 is 6.03 Å². The summed E-state index contributed by atoms with van der Waals surface area (Å²) in [5.41, 5.74) is 1.23. The van der Waals surface area contributed by atoms with Crippen molar-refractivity contribution in [1.29, 1.82) is 0 Å². The number of urea groups is 1. The van der Waals surface area contributed by atoms with Crippen molar-refractivity contribution in [1.82, 2.24) is 10.6 Å². The van der Waals surface area contributed by atoms with Gasteiger partial charge in [-0.3, -0.25) is 0 Å². The molecule has 0 aromatic carbocycles. The molecule has 4 heteroatoms. The first kappa shape index (κ1) is 18.0. The first-order valence-corrected chi connectivity index (χ1v) is 7.17. The first-order chi connectivity index (χ1) is 8.88. The highest BCUT2D eigenvalue weighted by Gasteiger charge is 2.12. The Balaban J connectivity index is 3.61. The van der Waals surface area contributed by atoms with Crippen LogP contribution in [0.2, 0.25) is 0 Å². The highest BCUT2D eigenvalue weighted by atomic mass is 16.5. The number of allylic oxidation sites excluding steroid dienone is 1. The number of hydrogen-bond donors (Lipinski definition) is 2. The molecular weight excluding hydrogens is 240 g/mol. The maximum Gasteiger partial charge on any atom is 0.318 e. The molecular formula is C15H30N2O2. The molecule has 0 radical (unpaired) electrons. The number of ether oxygens (including phenoxy) is 1. The second-order valence-electron chi connectivity index (χ2n) is 5.80. The van der Waals surface area contributed by atoms with Gasteiger partial charge in [0, 0.05) is 26.0 Å². The molecule has 2 amide bonds. The van der Waals surface area contributed by atoms with Gasteiger partial charge in [-0.1, -0.05) is 39.7 Å². The van der Waals surface area contributed by atoms with Crippen molar-refractivity contribution in [3.63, 3.8) is 0 Å². The van der Waals surface area contributed by atoms with Crippen molar-refractivity contribution in [3.05, 3.63) is 11.8 Å². The number of carbonyl (C=O) groups is 1. The topological polar surface area (TPSA) is 50.4 Å². The fourth-order valence-corrected chi connectivity index (χ4v) is 1.17. The molecule has 19 heavy (non-hydrogen) atoms. The average Bonchev–Trinajstić information content (AvgIpc) is 2.33. The van der Waals surface area contributed by atoms with Crippen LogP contribution >= 0.6 is 0 Å². The molecule has 0 aliphatic rings. The second-order valence-corrected chi connectivity index (χ2v) is 5.80. The van der Waals surface area contributed by atoms with Crippen LogP contribution < -0.4 is 10.6 Å². The Kier molecular flexibility index (Phi) is 9.31. The Morgan fingerprint density at radius 2 is 1.84 bits per heavy atom. The molecule has 0 spiro atoms. The van der Waals surface area contributed by atoms with Crippen LogP contribution in [0.1, 0.15) is 53.9 Å². The minimum Gasteiger partial charge on any atom is -0.381 e. The molecule has 0 saturated carbocycles. The summed E-state index contributed by atoms with van der Waals surface area (Å²) in [4.78, 5) is 11.5. The number of carbonyl (C=O) groups excluding carboxylic acids is 1. The minimum atomic E-state index is -0.155. The van der Waals surface area contributed by atoms with Crippen LogP contribution in [0.15, 0.2) is 11.8 Å². The van der Waals surface area contributed by atoms with Gasteiger partial charge in [-0.15, -0.1) is 0 Å². The van der Waals surface area contributed by atoms with Gasteiger partial charge in [-0.25, -0.2) is 4.79 Å². The van der Waals surface area contributed by atoms with E-state index < -0.39 is 0 Å². The van der Waals surface area contributed by atoms with Crippen LogP contribution in [-0.4, -0.2) is 25.8 Å². The number of nitrogens with one attached hydrogen (secondary N) is 2. The molecule has 0 aliphatic heterocycles. The molecule has 2 N–H and O–H groups in total. The Morgan fingerprint density at radius 3 is 2.42 bits per heavy atom. The van der Waals surface area contributed by atoms with Crippen LogP contribution in [0.5, 0.6) is 0 Å². The van der Waals surface area contributed by atoms with E-state index in [9.17, 15) is 4.79 Å². The number of rotatable bonds is 8. The van der Waals surface area contributed by atoms with Crippen molar-refractivity contribution in [2.45, 2.75) is 53.9 Å². The summed E-state index contributed by atoms with van der Waals surface area (Å²) < 4.78 is 5.42. The second kappa shape index (κ2) is 9.84. The maximum absolute atomic E-state index is 11.5. The lowest BCUT2D eigenvalue weighted by Gasteiger charge is -2.19. The monoisotopic (exact) mass is 270 g/mol. The van der Waals surface area contributed by atoms with E-state index in [4.69, 9.17) is 4.74 Å². The van der Waals surface area contributed by atoms with Crippen molar-refractivity contribution in [3.8, 4) is 0 Å². The van der Waals surface area contributed by atoms with Crippen LogP contribution in [0.4, 0.5) is 4.79 Å². The average molecular weight is 270 g/mol. The number of unbranched alkanes of at least 4 members (excludes halogenated alkanes) is 1. The van der Waals surface area contributed by atoms with E-state index in [1.165, 1.54) is 0 Å². The molecule has 4 nitrogen and oxygen atoms in total. The number of amides is 2. The summed E-state index contributed by atoms with van der Waals surface area (Å²) in [7, 11) is 0. The smallest absolute Gasteiger partial charge is 0.318 e. The summed E-state index contributed by atoms with van der Waals surface area (Å²) in [5.74, 6) is 0. The lowest BCUT2D eigenvalue weighted by atomic mass is 9.88. The third-order valence-electron chi connectivity index (χ3n) is 3.00. The molecule has 0 rings (SSSR count). The minimum absolute atomic E-state index is 0.0837. The highest BCUT2D eigenvalue weighted by Crippen LogP contribution is 2.23. The van der Waals surface area contributed by atoms with Gasteiger partial charge in [0.15, 0.2) is 0 Å². The maximum atomic E-state index is 11.5. The first-order valence-electron chi connectivity index (χ1n) is 7.17. The zero-order valence-electron chi connectivity index (χ0n) is 13.1. The largest absolute Gasteiger partial charge is 0.381 e. The fraction of sp³-hybridized carbons (Fsp3) is 0.800. The van der Waals surface area contributed by atoms with E-state index in [1.807, 2.05) is 6.92 Å². The molecule has 0 unspecified atom stereocenters.